The lowest BCUT2D eigenvalue weighted by molar-refractivity contribution is -0.146. The number of hydrogen-bond donors (Lipinski definition) is 3. The average Bonchev–Trinajstić information content (AvgIpc) is 3.62. The molecule has 12 nitrogen and oxygen atoms in total. The summed E-state index contributed by atoms with van der Waals surface area (Å²) in [5.41, 5.74) is 8.98. The van der Waals surface area contributed by atoms with Gasteiger partial charge in [-0.3, -0.25) is 19.8 Å². The molecule has 2 saturated heterocycles. The van der Waals surface area contributed by atoms with Crippen molar-refractivity contribution in [3.63, 3.8) is 0 Å². The summed E-state index contributed by atoms with van der Waals surface area (Å²) in [6, 6.07) is 1.56. The van der Waals surface area contributed by atoms with Gasteiger partial charge in [0.25, 0.3) is 5.56 Å². The van der Waals surface area contributed by atoms with Gasteiger partial charge in [-0.2, -0.15) is 0 Å². The topological polar surface area (TPSA) is 183 Å². The van der Waals surface area contributed by atoms with Gasteiger partial charge >= 0.3 is 5.97 Å². The molecule has 228 valence electrons. The maximum Gasteiger partial charge on any atom is 0.313 e. The Morgan fingerprint density at radius 2 is 1.69 bits per heavy atom. The summed E-state index contributed by atoms with van der Waals surface area (Å²) >= 11 is 14.1. The number of aromatic amines is 1. The number of nitrogens with one attached hydrogen (secondary N) is 2. The summed E-state index contributed by atoms with van der Waals surface area (Å²) in [7, 11) is 0. The Morgan fingerprint density at radius 3 is 2.21 bits per heavy atom. The molecule has 2 aliphatic heterocycles. The van der Waals surface area contributed by atoms with Crippen LogP contribution in [0.1, 0.15) is 55.5 Å². The van der Waals surface area contributed by atoms with Gasteiger partial charge in [-0.15, -0.1) is 22.7 Å². The number of rotatable bonds is 7. The summed E-state index contributed by atoms with van der Waals surface area (Å²) in [5, 5.41) is 7.64. The predicted molar refractivity (Wildman–Crippen MR) is 162 cm³/mol. The van der Waals surface area contributed by atoms with E-state index in [1.165, 1.54) is 22.7 Å². The molecule has 0 unspecified atom stereocenters. The van der Waals surface area contributed by atoms with Gasteiger partial charge in [-0.05, 0) is 32.6 Å². The molecule has 5 rings (SSSR count). The molecule has 0 aromatic carbocycles. The average molecular weight is 660 g/mol. The second-order valence-corrected chi connectivity index (χ2v) is 11.5. The zero-order valence-electron chi connectivity index (χ0n) is 22.9. The highest BCUT2D eigenvalue weighted by Gasteiger charge is 2.24. The molecule has 0 aliphatic carbocycles. The predicted octanol–water partition coefficient (Wildman–Crippen LogP) is 4.46. The van der Waals surface area contributed by atoms with Crippen molar-refractivity contribution in [3.8, 4) is 10.7 Å². The number of thiazole rings is 2. The molecular weight excluding hydrogens is 627 g/mol. The lowest BCUT2D eigenvalue weighted by Gasteiger charge is -2.21. The number of H-pyrrole nitrogens is 1. The van der Waals surface area contributed by atoms with Crippen LogP contribution in [0.4, 0.5) is 0 Å². The number of ketones is 1. The molecular formula is C26H32Cl2N6O6S2. The molecule has 16 heteroatoms. The Bertz CT molecular complexity index is 1390. The van der Waals surface area contributed by atoms with E-state index in [1.807, 2.05) is 0 Å². The van der Waals surface area contributed by atoms with E-state index in [-0.39, 0.29) is 35.4 Å². The number of esters is 1. The Morgan fingerprint density at radius 1 is 1.07 bits per heavy atom. The van der Waals surface area contributed by atoms with Gasteiger partial charge in [0.15, 0.2) is 16.1 Å². The van der Waals surface area contributed by atoms with Crippen LogP contribution in [-0.2, 0) is 23.8 Å². The van der Waals surface area contributed by atoms with Crippen LogP contribution in [0.5, 0.6) is 0 Å². The number of halogens is 2. The van der Waals surface area contributed by atoms with Gasteiger partial charge in [0.05, 0.1) is 23.3 Å². The molecule has 0 spiro atoms. The summed E-state index contributed by atoms with van der Waals surface area (Å²) < 4.78 is 15.2. The Balaban J connectivity index is 0.000000185. The molecule has 4 N–H and O–H groups in total. The number of ether oxygens (including phenoxy) is 3. The van der Waals surface area contributed by atoms with Crippen molar-refractivity contribution in [2.75, 3.05) is 33.0 Å². The molecule has 42 heavy (non-hydrogen) atoms. The number of carbonyl (C=O) groups is 2. The molecule has 2 aliphatic rings. The molecule has 0 bridgehead atoms. The van der Waals surface area contributed by atoms with E-state index in [0.29, 0.717) is 45.7 Å². The highest BCUT2D eigenvalue weighted by Crippen LogP contribution is 2.30. The number of nitrogen functional groups attached to an aromatic ring is 1. The molecule has 0 saturated carbocycles. The van der Waals surface area contributed by atoms with Gasteiger partial charge in [0, 0.05) is 44.3 Å². The smallest absolute Gasteiger partial charge is 0.313 e. The van der Waals surface area contributed by atoms with E-state index in [2.05, 4.69) is 19.9 Å². The summed E-state index contributed by atoms with van der Waals surface area (Å²) in [5.74, 6) is 0.328. The van der Waals surface area contributed by atoms with Crippen LogP contribution in [0.15, 0.2) is 21.9 Å². The van der Waals surface area contributed by atoms with Gasteiger partial charge in [-0.1, -0.05) is 23.2 Å². The SMILES string of the molecule is CCOC(=O)CC(=O)C1CCOCC1.N=C(N)c1scnc1Cl.O=c1cc(C2CCOCC2)nc(-c2scnc2Cl)[nH]1. The highest BCUT2D eigenvalue weighted by molar-refractivity contribution is 7.13. The van der Waals surface area contributed by atoms with Crippen molar-refractivity contribution in [2.24, 2.45) is 11.7 Å². The normalized spacial score (nSPS) is 15.5. The van der Waals surface area contributed by atoms with Crippen LogP contribution in [0, 0.1) is 11.3 Å². The van der Waals surface area contributed by atoms with E-state index in [9.17, 15) is 14.4 Å². The fraction of sp³-hybridized carbons (Fsp3) is 0.500. The first kappa shape index (κ1) is 33.7. The number of hydrogen-bond acceptors (Lipinski definition) is 12. The number of nitrogens with zero attached hydrogens (tertiary/aromatic N) is 3. The van der Waals surface area contributed by atoms with Gasteiger partial charge < -0.3 is 24.9 Å². The van der Waals surface area contributed by atoms with Crippen LogP contribution >= 0.6 is 45.9 Å². The monoisotopic (exact) mass is 658 g/mol. The van der Waals surface area contributed by atoms with Gasteiger partial charge in [-0.25, -0.2) is 15.0 Å². The standard InChI is InChI=1S/C12H12ClN3O2S.C10H16O4.C4H4ClN3S/c13-11-10(19-6-14-11)12-15-8(5-9(17)16-12)7-1-3-18-4-2-7;1-2-14-10(12)7-9(11)8-3-5-13-6-4-8;5-3-2(4(6)7)9-1-8-3/h5-7H,1-4H2,(H,15,16,17);8H,2-7H2,1H3;1H,(H3,6,7). The Hall–Kier alpha value is -2.75. The molecule has 3 aromatic heterocycles. The summed E-state index contributed by atoms with van der Waals surface area (Å²) in [6.07, 6.45) is 3.17. The summed E-state index contributed by atoms with van der Waals surface area (Å²) in [6.45, 7) is 4.75. The lowest BCUT2D eigenvalue weighted by atomic mass is 9.94. The summed E-state index contributed by atoms with van der Waals surface area (Å²) in [4.78, 5) is 50.5. The van der Waals surface area contributed by atoms with E-state index in [4.69, 9.17) is 48.6 Å². The molecule has 2 fully saturated rings. The molecule has 3 aromatic rings. The fourth-order valence-electron chi connectivity index (χ4n) is 4.10. The first-order valence-corrected chi connectivity index (χ1v) is 15.7. The van der Waals surface area contributed by atoms with Crippen molar-refractivity contribution in [1.29, 1.82) is 5.41 Å². The van der Waals surface area contributed by atoms with Crippen LogP contribution in [0.25, 0.3) is 10.7 Å². The van der Waals surface area contributed by atoms with Crippen LogP contribution in [0.2, 0.25) is 10.3 Å². The second kappa shape index (κ2) is 17.4. The molecule has 0 radical (unpaired) electrons. The number of nitrogens with two attached hydrogens (primary N) is 1. The van der Waals surface area contributed by atoms with Crippen molar-refractivity contribution in [2.45, 2.75) is 44.9 Å². The van der Waals surface area contributed by atoms with E-state index in [1.54, 1.807) is 24.0 Å². The molecule has 0 amide bonds. The maximum atomic E-state index is 11.8. The van der Waals surface area contributed by atoms with Gasteiger partial charge in [0.2, 0.25) is 0 Å². The number of aromatic nitrogens is 4. The zero-order valence-corrected chi connectivity index (χ0v) is 26.0. The van der Waals surface area contributed by atoms with Crippen LogP contribution < -0.4 is 11.3 Å². The number of amidine groups is 1. The quantitative estimate of drug-likeness (QED) is 0.142. The minimum Gasteiger partial charge on any atom is -0.466 e. The second-order valence-electron chi connectivity index (χ2n) is 9.10. The Labute approximate surface area is 260 Å². The maximum absolute atomic E-state index is 11.8. The minimum atomic E-state index is -0.413. The molecule has 0 atom stereocenters. The third-order valence-electron chi connectivity index (χ3n) is 6.21. The van der Waals surface area contributed by atoms with E-state index >= 15 is 0 Å². The first-order valence-electron chi connectivity index (χ1n) is 13.2. The molecule has 5 heterocycles. The van der Waals surface area contributed by atoms with E-state index in [0.717, 1.165) is 44.6 Å². The van der Waals surface area contributed by atoms with Crippen molar-refractivity contribution in [3.05, 3.63) is 48.3 Å². The largest absolute Gasteiger partial charge is 0.466 e. The fourth-order valence-corrected chi connectivity index (χ4v) is 5.93. The lowest BCUT2D eigenvalue weighted by Crippen LogP contribution is -2.25. The van der Waals surface area contributed by atoms with E-state index < -0.39 is 5.97 Å². The Kier molecular flexibility index (Phi) is 14.0. The van der Waals surface area contributed by atoms with Crippen LogP contribution in [-0.4, -0.2) is 70.6 Å². The van der Waals surface area contributed by atoms with Crippen molar-refractivity contribution < 1.29 is 23.8 Å². The van der Waals surface area contributed by atoms with Crippen molar-refractivity contribution >= 4 is 63.5 Å². The highest BCUT2D eigenvalue weighted by atomic mass is 35.5. The van der Waals surface area contributed by atoms with Crippen molar-refractivity contribution in [1.82, 2.24) is 19.9 Å². The number of Topliss-reactive ketones (excluding diaryl/α,β-unsaturated/α-hetero) is 1. The minimum absolute atomic E-state index is 0.00634. The zero-order chi connectivity index (χ0) is 30.5. The number of carbonyl (C=O) groups excluding carboxylic acids is 2. The van der Waals surface area contributed by atoms with Gasteiger partial charge in [0.1, 0.15) is 27.8 Å². The first-order chi connectivity index (χ1) is 20.2. The van der Waals surface area contributed by atoms with Crippen LogP contribution in [0.3, 0.4) is 0 Å². The third kappa shape index (κ3) is 10.5. The third-order valence-corrected chi connectivity index (χ3v) is 8.70.